The highest BCUT2D eigenvalue weighted by atomic mass is 19.4. The Kier molecular flexibility index (Phi) is 5.60. The van der Waals surface area contributed by atoms with Crippen LogP contribution in [0.15, 0.2) is 35.1 Å². The molecule has 2 aromatic rings. The molecule has 0 atom stereocenters. The predicted octanol–water partition coefficient (Wildman–Crippen LogP) is 1.07. The first-order valence-corrected chi connectivity index (χ1v) is 7.09. The molecule has 0 saturated carbocycles. The van der Waals surface area contributed by atoms with Crippen LogP contribution in [0.2, 0.25) is 0 Å². The Hall–Kier alpha value is -3.37. The van der Waals surface area contributed by atoms with Crippen LogP contribution >= 0.6 is 0 Å². The number of halogens is 3. The fraction of sp³-hybridized carbons (Fsp3) is 0.200. The molecular formula is C15H12F3N3O5. The lowest BCUT2D eigenvalue weighted by molar-refractivity contribution is -0.125. The zero-order valence-corrected chi connectivity index (χ0v) is 13.0. The molecule has 0 aliphatic rings. The lowest BCUT2D eigenvalue weighted by Gasteiger charge is -2.10. The number of fused-ring (bicyclic) bond motifs is 1. The standard InChI is InChI=1S/C15H12F3N3O5/c16-15(17,18)7-19-14(25)21-12(23)6-26-13(24)9-5-11(22)20-10-4-2-1-3-8(9)10/h1-5H,6-7H2,(H,20,22)(H2,19,21,23,25). The van der Waals surface area contributed by atoms with E-state index in [2.05, 4.69) is 4.98 Å². The number of ether oxygens (including phenoxy) is 1. The van der Waals surface area contributed by atoms with Crippen molar-refractivity contribution in [2.24, 2.45) is 0 Å². The summed E-state index contributed by atoms with van der Waals surface area (Å²) in [7, 11) is 0. The molecule has 138 valence electrons. The van der Waals surface area contributed by atoms with Gasteiger partial charge in [0.1, 0.15) is 6.54 Å². The van der Waals surface area contributed by atoms with E-state index in [4.69, 9.17) is 4.74 Å². The average Bonchev–Trinajstić information content (AvgIpc) is 2.56. The zero-order chi connectivity index (χ0) is 19.3. The minimum absolute atomic E-state index is 0.0985. The summed E-state index contributed by atoms with van der Waals surface area (Å²) in [5.74, 6) is -2.13. The molecule has 0 bridgehead atoms. The third-order valence-corrected chi connectivity index (χ3v) is 3.01. The average molecular weight is 371 g/mol. The zero-order valence-electron chi connectivity index (χ0n) is 13.0. The summed E-state index contributed by atoms with van der Waals surface area (Å²) in [5, 5.41) is 3.37. The van der Waals surface area contributed by atoms with Crippen molar-refractivity contribution >= 4 is 28.8 Å². The summed E-state index contributed by atoms with van der Waals surface area (Å²) in [5.41, 5.74) is -0.284. The van der Waals surface area contributed by atoms with Crippen LogP contribution in [0, 0.1) is 0 Å². The van der Waals surface area contributed by atoms with Gasteiger partial charge in [0, 0.05) is 17.0 Å². The number of rotatable bonds is 4. The van der Waals surface area contributed by atoms with Gasteiger partial charge in [0.2, 0.25) is 5.56 Å². The number of amides is 3. The largest absolute Gasteiger partial charge is 0.452 e. The number of aromatic nitrogens is 1. The van der Waals surface area contributed by atoms with Gasteiger partial charge in [0.15, 0.2) is 6.61 Å². The summed E-state index contributed by atoms with van der Waals surface area (Å²) in [6.45, 7) is -2.54. The number of urea groups is 1. The highest BCUT2D eigenvalue weighted by Crippen LogP contribution is 2.15. The fourth-order valence-corrected chi connectivity index (χ4v) is 1.97. The monoisotopic (exact) mass is 371 g/mol. The molecule has 0 unspecified atom stereocenters. The Morgan fingerprint density at radius 1 is 1.15 bits per heavy atom. The molecule has 1 heterocycles. The second kappa shape index (κ2) is 7.68. The van der Waals surface area contributed by atoms with Gasteiger partial charge in [-0.05, 0) is 6.07 Å². The Bertz CT molecular complexity index is 907. The van der Waals surface area contributed by atoms with Crippen molar-refractivity contribution in [1.82, 2.24) is 15.6 Å². The lowest BCUT2D eigenvalue weighted by Crippen LogP contribution is -2.44. The minimum atomic E-state index is -4.63. The van der Waals surface area contributed by atoms with Gasteiger partial charge in [-0.1, -0.05) is 18.2 Å². The normalized spacial score (nSPS) is 11.0. The number of hydrogen-bond donors (Lipinski definition) is 3. The molecule has 0 aliphatic heterocycles. The number of H-pyrrole nitrogens is 1. The number of carbonyl (C=O) groups excluding carboxylic acids is 3. The van der Waals surface area contributed by atoms with E-state index in [0.717, 1.165) is 6.07 Å². The summed E-state index contributed by atoms with van der Waals surface area (Å²) >= 11 is 0. The first kappa shape index (κ1) is 19.0. The molecule has 2 rings (SSSR count). The minimum Gasteiger partial charge on any atom is -0.452 e. The summed E-state index contributed by atoms with van der Waals surface area (Å²) < 4.78 is 40.5. The van der Waals surface area contributed by atoms with Crippen molar-refractivity contribution in [2.75, 3.05) is 13.2 Å². The quantitative estimate of drug-likeness (QED) is 0.695. The maximum atomic E-state index is 12.1. The molecule has 0 aliphatic carbocycles. The van der Waals surface area contributed by atoms with Crippen LogP contribution in [0.4, 0.5) is 18.0 Å². The number of alkyl halides is 3. The van der Waals surface area contributed by atoms with Gasteiger partial charge < -0.3 is 15.0 Å². The van der Waals surface area contributed by atoms with Crippen LogP contribution in [0.25, 0.3) is 10.9 Å². The maximum Gasteiger partial charge on any atom is 0.405 e. The van der Waals surface area contributed by atoms with Gasteiger partial charge in [0.25, 0.3) is 5.91 Å². The van der Waals surface area contributed by atoms with Crippen LogP contribution in [-0.4, -0.2) is 42.2 Å². The number of aromatic amines is 1. The van der Waals surface area contributed by atoms with E-state index in [9.17, 15) is 32.3 Å². The Morgan fingerprint density at radius 2 is 1.85 bits per heavy atom. The highest BCUT2D eigenvalue weighted by molar-refractivity contribution is 6.04. The number of para-hydroxylation sites is 1. The Morgan fingerprint density at radius 3 is 2.54 bits per heavy atom. The van der Waals surface area contributed by atoms with E-state index in [0.29, 0.717) is 10.9 Å². The van der Waals surface area contributed by atoms with E-state index in [1.165, 1.54) is 5.32 Å². The summed E-state index contributed by atoms with van der Waals surface area (Å²) in [6, 6.07) is 5.97. The van der Waals surface area contributed by atoms with Crippen LogP contribution < -0.4 is 16.2 Å². The molecule has 1 aromatic carbocycles. The lowest BCUT2D eigenvalue weighted by atomic mass is 10.1. The molecule has 3 amide bonds. The number of imide groups is 1. The van der Waals surface area contributed by atoms with Gasteiger partial charge >= 0.3 is 18.2 Å². The highest BCUT2D eigenvalue weighted by Gasteiger charge is 2.28. The van der Waals surface area contributed by atoms with E-state index in [1.807, 2.05) is 0 Å². The first-order chi connectivity index (χ1) is 12.2. The van der Waals surface area contributed by atoms with Crippen LogP contribution in [0.1, 0.15) is 10.4 Å². The Labute approximate surface area is 143 Å². The number of pyridine rings is 1. The summed E-state index contributed by atoms with van der Waals surface area (Å²) in [6.07, 6.45) is -4.63. The molecule has 0 saturated heterocycles. The number of benzene rings is 1. The van der Waals surface area contributed by atoms with Gasteiger partial charge in [-0.15, -0.1) is 0 Å². The molecule has 0 fully saturated rings. The van der Waals surface area contributed by atoms with Gasteiger partial charge in [-0.25, -0.2) is 9.59 Å². The predicted molar refractivity (Wildman–Crippen MR) is 82.4 cm³/mol. The maximum absolute atomic E-state index is 12.1. The van der Waals surface area contributed by atoms with E-state index in [-0.39, 0.29) is 5.56 Å². The van der Waals surface area contributed by atoms with Crippen LogP contribution in [0.5, 0.6) is 0 Å². The van der Waals surface area contributed by atoms with Crippen molar-refractivity contribution in [2.45, 2.75) is 6.18 Å². The van der Waals surface area contributed by atoms with Gasteiger partial charge in [-0.2, -0.15) is 13.2 Å². The topological polar surface area (TPSA) is 117 Å². The molecule has 3 N–H and O–H groups in total. The molecule has 8 nitrogen and oxygen atoms in total. The number of nitrogens with one attached hydrogen (secondary N) is 3. The smallest absolute Gasteiger partial charge is 0.405 e. The van der Waals surface area contributed by atoms with Crippen molar-refractivity contribution < 1.29 is 32.3 Å². The van der Waals surface area contributed by atoms with E-state index in [1.54, 1.807) is 29.6 Å². The van der Waals surface area contributed by atoms with Crippen molar-refractivity contribution in [3.8, 4) is 0 Å². The van der Waals surface area contributed by atoms with E-state index >= 15 is 0 Å². The van der Waals surface area contributed by atoms with Crippen LogP contribution in [-0.2, 0) is 9.53 Å². The first-order valence-electron chi connectivity index (χ1n) is 7.09. The molecular weight excluding hydrogens is 359 g/mol. The third-order valence-electron chi connectivity index (χ3n) is 3.01. The number of carbonyl (C=O) groups is 3. The van der Waals surface area contributed by atoms with Gasteiger partial charge in [-0.3, -0.25) is 14.9 Å². The van der Waals surface area contributed by atoms with Crippen molar-refractivity contribution in [3.05, 3.63) is 46.2 Å². The molecule has 11 heteroatoms. The molecule has 0 radical (unpaired) electrons. The van der Waals surface area contributed by atoms with E-state index < -0.39 is 42.8 Å². The fourth-order valence-electron chi connectivity index (χ4n) is 1.97. The second-order valence-corrected chi connectivity index (χ2v) is 5.02. The Balaban J connectivity index is 1.96. The molecule has 26 heavy (non-hydrogen) atoms. The van der Waals surface area contributed by atoms with Crippen molar-refractivity contribution in [3.63, 3.8) is 0 Å². The SMILES string of the molecule is O=C(COC(=O)c1cc(=O)[nH]c2ccccc12)NC(=O)NCC(F)(F)F. The van der Waals surface area contributed by atoms with Crippen molar-refractivity contribution in [1.29, 1.82) is 0 Å². The van der Waals surface area contributed by atoms with Gasteiger partial charge in [0.05, 0.1) is 5.56 Å². The summed E-state index contributed by atoms with van der Waals surface area (Å²) in [4.78, 5) is 48.7. The second-order valence-electron chi connectivity index (χ2n) is 5.02. The number of esters is 1. The molecule has 0 spiro atoms. The number of hydrogen-bond acceptors (Lipinski definition) is 5. The third kappa shape index (κ3) is 5.33. The molecule has 1 aromatic heterocycles. The van der Waals surface area contributed by atoms with Crippen LogP contribution in [0.3, 0.4) is 0 Å².